The molecular weight excluding hydrogens is 713 g/mol. The van der Waals surface area contributed by atoms with Crippen molar-refractivity contribution < 1.29 is 15.0 Å². The number of ketones is 1. The lowest BCUT2D eigenvalue weighted by molar-refractivity contribution is 0.104. The Balaban J connectivity index is 0.000000365. The van der Waals surface area contributed by atoms with Crippen molar-refractivity contribution >= 4 is 5.78 Å². The molecule has 8 aromatic rings. The van der Waals surface area contributed by atoms with E-state index >= 15 is 0 Å². The first-order chi connectivity index (χ1) is 28.5. The number of nitrogens with zero attached hydrogens (tertiary/aromatic N) is 2. The van der Waals surface area contributed by atoms with Crippen LogP contribution in [0.2, 0.25) is 0 Å². The summed E-state index contributed by atoms with van der Waals surface area (Å²) in [6.45, 7) is 0. The van der Waals surface area contributed by atoms with Gasteiger partial charge in [-0.15, -0.1) is 0 Å². The van der Waals surface area contributed by atoms with E-state index in [9.17, 15) is 15.0 Å². The molecule has 2 heterocycles. The maximum absolute atomic E-state index is 13.7. The number of hydrogen-bond donors (Lipinski definition) is 2. The Hall–Kier alpha value is -7.67. The minimum Gasteiger partial charge on any atom is -0.369 e. The highest BCUT2D eigenvalue weighted by Crippen LogP contribution is 2.38. The van der Waals surface area contributed by atoms with Crippen molar-refractivity contribution in [3.8, 4) is 34.8 Å². The lowest BCUT2D eigenvalue weighted by Crippen LogP contribution is -2.25. The first kappa shape index (κ1) is 38.6. The SMILES string of the molecule is O=C1c2cc(C#CC(O)(c3ccccc3)c3ccccc3)ccc2-c2ccc(C#CC(O)(c3ccccc3)c3ccccc3)cc21.c1ccncc1.c1ccncc1. The molecule has 5 nitrogen and oxygen atoms in total. The molecule has 0 fully saturated rings. The number of carbonyl (C=O) groups excluding carboxylic acids is 1. The van der Waals surface area contributed by atoms with Gasteiger partial charge in [-0.25, -0.2) is 0 Å². The molecule has 0 aliphatic heterocycles. The number of carbonyl (C=O) groups is 1. The van der Waals surface area contributed by atoms with Gasteiger partial charge in [0.15, 0.2) is 17.0 Å². The van der Waals surface area contributed by atoms with Crippen molar-refractivity contribution in [3.05, 3.63) is 263 Å². The van der Waals surface area contributed by atoms with Gasteiger partial charge in [0.05, 0.1) is 0 Å². The van der Waals surface area contributed by atoms with Gasteiger partial charge >= 0.3 is 0 Å². The average molecular weight is 751 g/mol. The number of rotatable bonds is 4. The highest BCUT2D eigenvalue weighted by Gasteiger charge is 2.31. The first-order valence-electron chi connectivity index (χ1n) is 18.7. The molecule has 0 radical (unpaired) electrons. The predicted octanol–water partition coefficient (Wildman–Crippen LogP) is 9.64. The van der Waals surface area contributed by atoms with Crippen LogP contribution in [0.3, 0.4) is 0 Å². The van der Waals surface area contributed by atoms with Gasteiger partial charge in [0, 0.05) is 69.3 Å². The van der Waals surface area contributed by atoms with Crippen molar-refractivity contribution in [2.24, 2.45) is 0 Å². The molecule has 5 heteroatoms. The van der Waals surface area contributed by atoms with E-state index in [4.69, 9.17) is 0 Å². The topological polar surface area (TPSA) is 83.3 Å². The second kappa shape index (κ2) is 18.3. The van der Waals surface area contributed by atoms with Crippen LogP contribution in [0.5, 0.6) is 0 Å². The number of pyridine rings is 2. The Morgan fingerprint density at radius 2 is 0.655 bits per heavy atom. The highest BCUT2D eigenvalue weighted by atomic mass is 16.3. The van der Waals surface area contributed by atoms with E-state index in [1.165, 1.54) is 0 Å². The molecule has 6 aromatic carbocycles. The van der Waals surface area contributed by atoms with Crippen LogP contribution in [0, 0.1) is 23.7 Å². The number of aliphatic hydroxyl groups is 2. The Morgan fingerprint density at radius 1 is 0.362 bits per heavy atom. The molecular formula is C53H38N2O3. The fourth-order valence-electron chi connectivity index (χ4n) is 6.52. The molecule has 0 amide bonds. The van der Waals surface area contributed by atoms with Crippen LogP contribution in [0.1, 0.15) is 49.3 Å². The van der Waals surface area contributed by atoms with Crippen molar-refractivity contribution in [3.63, 3.8) is 0 Å². The van der Waals surface area contributed by atoms with Crippen molar-refractivity contribution in [1.82, 2.24) is 9.97 Å². The van der Waals surface area contributed by atoms with Gasteiger partial charge in [-0.3, -0.25) is 14.8 Å². The summed E-state index contributed by atoms with van der Waals surface area (Å²) in [5.41, 5.74) is 3.64. The van der Waals surface area contributed by atoms with Crippen LogP contribution in [0.25, 0.3) is 11.1 Å². The summed E-state index contributed by atoms with van der Waals surface area (Å²) >= 11 is 0. The molecule has 278 valence electrons. The Kier molecular flexibility index (Phi) is 12.2. The van der Waals surface area contributed by atoms with Gasteiger partial charge in [-0.1, -0.05) is 169 Å². The maximum atomic E-state index is 13.7. The van der Waals surface area contributed by atoms with Gasteiger partial charge in [0.25, 0.3) is 0 Å². The molecule has 2 N–H and O–H groups in total. The summed E-state index contributed by atoms with van der Waals surface area (Å²) in [4.78, 5) is 21.3. The largest absolute Gasteiger partial charge is 0.369 e. The fourth-order valence-corrected chi connectivity index (χ4v) is 6.52. The van der Waals surface area contributed by atoms with Gasteiger partial charge in [-0.2, -0.15) is 0 Å². The zero-order chi connectivity index (χ0) is 40.0. The van der Waals surface area contributed by atoms with Crippen LogP contribution in [0.4, 0.5) is 0 Å². The van der Waals surface area contributed by atoms with E-state index in [0.717, 1.165) is 11.1 Å². The van der Waals surface area contributed by atoms with Gasteiger partial charge in [0.1, 0.15) is 0 Å². The lowest BCUT2D eigenvalue weighted by atomic mass is 9.86. The molecule has 0 unspecified atom stereocenters. The molecule has 0 saturated heterocycles. The Bertz CT molecular complexity index is 2380. The molecule has 0 spiro atoms. The van der Waals surface area contributed by atoms with Crippen molar-refractivity contribution in [2.45, 2.75) is 11.2 Å². The van der Waals surface area contributed by atoms with Crippen LogP contribution < -0.4 is 0 Å². The molecule has 2 aromatic heterocycles. The third kappa shape index (κ3) is 8.89. The zero-order valence-corrected chi connectivity index (χ0v) is 31.5. The van der Waals surface area contributed by atoms with E-state index in [1.54, 1.807) is 36.9 Å². The standard InChI is InChI=1S/C43H28O3.2C5H5N/c44-41-39-29-31(25-27-42(45,33-13-5-1-6-14-33)34-15-7-2-8-16-34)21-23-37(39)38-24-22-32(30-40(38)41)26-28-43(46,35-17-9-3-10-18-35)36-19-11-4-12-20-36;2*1-2-4-6-5-3-1/h1-24,29-30,45-46H;2*1-5H. The summed E-state index contributed by atoms with van der Waals surface area (Å²) in [6.07, 6.45) is 7.00. The second-order valence-electron chi connectivity index (χ2n) is 13.3. The summed E-state index contributed by atoms with van der Waals surface area (Å²) in [5, 5.41) is 23.6. The Labute approximate surface area is 339 Å². The minimum atomic E-state index is -1.52. The van der Waals surface area contributed by atoms with Crippen LogP contribution in [0.15, 0.2) is 219 Å². The van der Waals surface area contributed by atoms with E-state index in [1.807, 2.05) is 182 Å². The second-order valence-corrected chi connectivity index (χ2v) is 13.3. The van der Waals surface area contributed by atoms with E-state index in [-0.39, 0.29) is 5.78 Å². The smallest absolute Gasteiger partial charge is 0.194 e. The van der Waals surface area contributed by atoms with Gasteiger partial charge < -0.3 is 10.2 Å². The van der Waals surface area contributed by atoms with E-state index in [0.29, 0.717) is 44.5 Å². The summed E-state index contributed by atoms with van der Waals surface area (Å²) in [5.74, 6) is 12.3. The quantitative estimate of drug-likeness (QED) is 0.175. The molecule has 0 atom stereocenters. The van der Waals surface area contributed by atoms with Crippen LogP contribution in [-0.2, 0) is 11.2 Å². The van der Waals surface area contributed by atoms with E-state index < -0.39 is 11.2 Å². The van der Waals surface area contributed by atoms with Crippen LogP contribution >= 0.6 is 0 Å². The molecule has 0 bridgehead atoms. The molecule has 9 rings (SSSR count). The fraction of sp³-hybridized carbons (Fsp3) is 0.0377. The lowest BCUT2D eigenvalue weighted by Gasteiger charge is -2.23. The summed E-state index contributed by atoms with van der Waals surface area (Å²) < 4.78 is 0. The highest BCUT2D eigenvalue weighted by molar-refractivity contribution is 6.22. The average Bonchev–Trinajstić information content (AvgIpc) is 3.59. The van der Waals surface area contributed by atoms with Gasteiger partial charge in [0.2, 0.25) is 0 Å². The number of hydrogen-bond acceptors (Lipinski definition) is 5. The van der Waals surface area contributed by atoms with Crippen LogP contribution in [-0.4, -0.2) is 26.0 Å². The monoisotopic (exact) mass is 750 g/mol. The maximum Gasteiger partial charge on any atom is 0.194 e. The number of aromatic nitrogens is 2. The summed E-state index contributed by atoms with van der Waals surface area (Å²) in [6, 6.07) is 60.0. The molecule has 1 aliphatic carbocycles. The third-order valence-corrected chi connectivity index (χ3v) is 9.49. The third-order valence-electron chi connectivity index (χ3n) is 9.49. The number of fused-ring (bicyclic) bond motifs is 3. The normalized spacial score (nSPS) is 11.0. The number of benzene rings is 6. The zero-order valence-electron chi connectivity index (χ0n) is 31.5. The molecule has 58 heavy (non-hydrogen) atoms. The van der Waals surface area contributed by atoms with Crippen molar-refractivity contribution in [2.75, 3.05) is 0 Å². The minimum absolute atomic E-state index is 0.111. The molecule has 0 saturated carbocycles. The van der Waals surface area contributed by atoms with Crippen molar-refractivity contribution in [1.29, 1.82) is 0 Å². The van der Waals surface area contributed by atoms with E-state index in [2.05, 4.69) is 33.6 Å². The first-order valence-corrected chi connectivity index (χ1v) is 18.7. The van der Waals surface area contributed by atoms with Gasteiger partial charge in [-0.05, 0) is 59.7 Å². The summed E-state index contributed by atoms with van der Waals surface area (Å²) in [7, 11) is 0. The predicted molar refractivity (Wildman–Crippen MR) is 229 cm³/mol. The Morgan fingerprint density at radius 3 is 0.914 bits per heavy atom. The molecule has 1 aliphatic rings.